The van der Waals surface area contributed by atoms with Crippen molar-refractivity contribution in [1.82, 2.24) is 0 Å². The second-order valence-corrected chi connectivity index (χ2v) is 6.50. The number of hydrogen-bond acceptors (Lipinski definition) is 4. The highest BCUT2D eigenvalue weighted by atomic mass is 32.1. The molecule has 2 rings (SSSR count). The molecule has 1 heterocycles. The molecule has 0 radical (unpaired) electrons. The Labute approximate surface area is 127 Å². The molecular weight excluding hydrogens is 270 g/mol. The maximum Gasteiger partial charge on any atom is 0.103 e. The van der Waals surface area contributed by atoms with Crippen molar-refractivity contribution in [3.8, 4) is 0 Å². The van der Waals surface area contributed by atoms with E-state index in [1.807, 2.05) is 0 Å². The third-order valence-corrected chi connectivity index (χ3v) is 4.50. The van der Waals surface area contributed by atoms with E-state index in [1.165, 1.54) is 11.3 Å². The Morgan fingerprint density at radius 2 is 2.05 bits per heavy atom. The van der Waals surface area contributed by atoms with Gasteiger partial charge in [0.2, 0.25) is 0 Å². The summed E-state index contributed by atoms with van der Waals surface area (Å²) in [5.74, 6) is 1.33. The number of nitrogens with zero attached hydrogens (tertiary/aromatic N) is 1. The van der Waals surface area contributed by atoms with E-state index in [9.17, 15) is 5.11 Å². The zero-order valence-corrected chi connectivity index (χ0v) is 13.4. The van der Waals surface area contributed by atoms with Crippen LogP contribution in [0.25, 0.3) is 0 Å². The standard InChI is InChI=1S/C16H25NO2S/c1-12(11-20)13-4-6-14(7-5-13)17-8-9-19-15(10-17)16(2,3)18/h4-7,12,15,18,20H,8-11H2,1-3H3/t12?,15-/m0/s1. The topological polar surface area (TPSA) is 32.7 Å². The number of aliphatic hydroxyl groups is 1. The second kappa shape index (κ2) is 6.37. The first-order valence-electron chi connectivity index (χ1n) is 7.21. The minimum atomic E-state index is -0.806. The SMILES string of the molecule is CC(CS)c1ccc(N2CCO[C@H](C(C)(C)O)C2)cc1. The Balaban J connectivity index is 2.07. The summed E-state index contributed by atoms with van der Waals surface area (Å²) >= 11 is 4.34. The molecule has 0 spiro atoms. The van der Waals surface area contributed by atoms with Crippen LogP contribution < -0.4 is 4.90 Å². The first kappa shape index (κ1) is 15.7. The molecule has 0 aromatic heterocycles. The van der Waals surface area contributed by atoms with Crippen LogP contribution in [0.4, 0.5) is 5.69 Å². The van der Waals surface area contributed by atoms with Gasteiger partial charge in [-0.2, -0.15) is 12.6 Å². The minimum Gasteiger partial charge on any atom is -0.388 e. The van der Waals surface area contributed by atoms with Crippen LogP contribution >= 0.6 is 12.6 Å². The van der Waals surface area contributed by atoms with E-state index in [-0.39, 0.29) is 6.10 Å². The van der Waals surface area contributed by atoms with Crippen LogP contribution in [-0.2, 0) is 4.74 Å². The van der Waals surface area contributed by atoms with Crippen molar-refractivity contribution in [3.05, 3.63) is 29.8 Å². The number of anilines is 1. The van der Waals surface area contributed by atoms with Crippen LogP contribution in [0.1, 0.15) is 32.3 Å². The molecule has 0 bridgehead atoms. The van der Waals surface area contributed by atoms with E-state index in [0.29, 0.717) is 12.5 Å². The quantitative estimate of drug-likeness (QED) is 0.838. The molecule has 1 aliphatic rings. The summed E-state index contributed by atoms with van der Waals surface area (Å²) in [4.78, 5) is 2.28. The summed E-state index contributed by atoms with van der Waals surface area (Å²) in [5, 5.41) is 10.1. The first-order chi connectivity index (χ1) is 9.41. The fourth-order valence-corrected chi connectivity index (χ4v) is 2.64. The van der Waals surface area contributed by atoms with Crippen LogP contribution in [0.3, 0.4) is 0 Å². The number of ether oxygens (including phenoxy) is 1. The van der Waals surface area contributed by atoms with Crippen molar-refractivity contribution in [2.24, 2.45) is 0 Å². The highest BCUT2D eigenvalue weighted by Gasteiger charge is 2.32. The van der Waals surface area contributed by atoms with Gasteiger partial charge in [-0.05, 0) is 43.2 Å². The fourth-order valence-electron chi connectivity index (χ4n) is 2.43. The van der Waals surface area contributed by atoms with Crippen molar-refractivity contribution in [1.29, 1.82) is 0 Å². The van der Waals surface area contributed by atoms with Gasteiger partial charge in [0.1, 0.15) is 6.10 Å². The van der Waals surface area contributed by atoms with E-state index in [0.717, 1.165) is 18.8 Å². The summed E-state index contributed by atoms with van der Waals surface area (Å²) < 4.78 is 5.67. The summed E-state index contributed by atoms with van der Waals surface area (Å²) in [7, 11) is 0. The van der Waals surface area contributed by atoms with E-state index in [4.69, 9.17) is 4.74 Å². The fraction of sp³-hybridized carbons (Fsp3) is 0.625. The maximum absolute atomic E-state index is 10.1. The maximum atomic E-state index is 10.1. The zero-order valence-electron chi connectivity index (χ0n) is 12.5. The van der Waals surface area contributed by atoms with Gasteiger partial charge in [-0.25, -0.2) is 0 Å². The van der Waals surface area contributed by atoms with Gasteiger partial charge in [0.05, 0.1) is 12.2 Å². The van der Waals surface area contributed by atoms with Crippen molar-refractivity contribution in [2.75, 3.05) is 30.3 Å². The molecule has 3 nitrogen and oxygen atoms in total. The summed E-state index contributed by atoms with van der Waals surface area (Å²) in [6.45, 7) is 8.04. The highest BCUT2D eigenvalue weighted by Crippen LogP contribution is 2.25. The number of hydrogen-bond donors (Lipinski definition) is 2. The molecule has 2 atom stereocenters. The van der Waals surface area contributed by atoms with Crippen molar-refractivity contribution in [2.45, 2.75) is 38.4 Å². The molecule has 1 aromatic carbocycles. The molecule has 20 heavy (non-hydrogen) atoms. The molecule has 1 fully saturated rings. The van der Waals surface area contributed by atoms with Gasteiger partial charge in [-0.15, -0.1) is 0 Å². The summed E-state index contributed by atoms with van der Waals surface area (Å²) in [6, 6.07) is 8.65. The highest BCUT2D eigenvalue weighted by molar-refractivity contribution is 7.80. The molecule has 1 N–H and O–H groups in total. The smallest absolute Gasteiger partial charge is 0.103 e. The molecular formula is C16H25NO2S. The number of thiol groups is 1. The Morgan fingerprint density at radius 1 is 1.40 bits per heavy atom. The van der Waals surface area contributed by atoms with Crippen LogP contribution in [0.15, 0.2) is 24.3 Å². The molecule has 1 saturated heterocycles. The molecule has 1 aromatic rings. The third-order valence-electron chi connectivity index (χ3n) is 3.96. The average molecular weight is 295 g/mol. The third kappa shape index (κ3) is 3.68. The number of morpholine rings is 1. The minimum absolute atomic E-state index is 0.146. The van der Waals surface area contributed by atoms with Crippen LogP contribution in [0.2, 0.25) is 0 Å². The van der Waals surface area contributed by atoms with Gasteiger partial charge < -0.3 is 14.7 Å². The van der Waals surface area contributed by atoms with Gasteiger partial charge in [0.15, 0.2) is 0 Å². The number of benzene rings is 1. The average Bonchev–Trinajstić information content (AvgIpc) is 2.46. The lowest BCUT2D eigenvalue weighted by Crippen LogP contribution is -2.52. The molecule has 0 saturated carbocycles. The molecule has 4 heteroatoms. The molecule has 1 unspecified atom stereocenters. The summed E-state index contributed by atoms with van der Waals surface area (Å²) in [6.07, 6.45) is -0.146. The first-order valence-corrected chi connectivity index (χ1v) is 7.85. The Hall–Kier alpha value is -0.710. The van der Waals surface area contributed by atoms with Gasteiger partial charge in [-0.3, -0.25) is 0 Å². The van der Waals surface area contributed by atoms with Gasteiger partial charge >= 0.3 is 0 Å². The van der Waals surface area contributed by atoms with E-state index < -0.39 is 5.60 Å². The largest absolute Gasteiger partial charge is 0.388 e. The Bertz CT molecular complexity index is 427. The lowest BCUT2D eigenvalue weighted by Gasteiger charge is -2.39. The van der Waals surface area contributed by atoms with Crippen LogP contribution in [0, 0.1) is 0 Å². The lowest BCUT2D eigenvalue weighted by molar-refractivity contribution is -0.0927. The zero-order chi connectivity index (χ0) is 14.8. The van der Waals surface area contributed by atoms with Gasteiger partial charge in [-0.1, -0.05) is 19.1 Å². The molecule has 0 aliphatic carbocycles. The van der Waals surface area contributed by atoms with Gasteiger partial charge in [0, 0.05) is 18.8 Å². The van der Waals surface area contributed by atoms with Crippen molar-refractivity contribution >= 4 is 18.3 Å². The van der Waals surface area contributed by atoms with Gasteiger partial charge in [0.25, 0.3) is 0 Å². The predicted molar refractivity (Wildman–Crippen MR) is 87.0 cm³/mol. The Morgan fingerprint density at radius 3 is 2.60 bits per heavy atom. The molecule has 0 amide bonds. The van der Waals surface area contributed by atoms with Crippen molar-refractivity contribution in [3.63, 3.8) is 0 Å². The van der Waals surface area contributed by atoms with Crippen molar-refractivity contribution < 1.29 is 9.84 Å². The normalized spacial score (nSPS) is 21.9. The van der Waals surface area contributed by atoms with Crippen LogP contribution in [-0.4, -0.2) is 42.3 Å². The van der Waals surface area contributed by atoms with E-state index in [1.54, 1.807) is 13.8 Å². The molecule has 112 valence electrons. The summed E-state index contributed by atoms with van der Waals surface area (Å²) in [5.41, 5.74) is 1.70. The second-order valence-electron chi connectivity index (χ2n) is 6.13. The number of rotatable bonds is 4. The van der Waals surface area contributed by atoms with E-state index in [2.05, 4.69) is 48.7 Å². The van der Waals surface area contributed by atoms with Crippen LogP contribution in [0.5, 0.6) is 0 Å². The monoisotopic (exact) mass is 295 g/mol. The molecule has 1 aliphatic heterocycles. The lowest BCUT2D eigenvalue weighted by atomic mass is 9.99. The Kier molecular flexibility index (Phi) is 4.99. The predicted octanol–water partition coefficient (Wildman–Crippen LogP) is 2.70. The van der Waals surface area contributed by atoms with E-state index >= 15 is 0 Å².